The highest BCUT2D eigenvalue weighted by Crippen LogP contribution is 2.21. The number of piperidine rings is 1. The van der Waals surface area contributed by atoms with Crippen LogP contribution in [0.25, 0.3) is 0 Å². The summed E-state index contributed by atoms with van der Waals surface area (Å²) in [7, 11) is 0. The van der Waals surface area contributed by atoms with Gasteiger partial charge in [0.05, 0.1) is 12.7 Å². The van der Waals surface area contributed by atoms with Crippen molar-refractivity contribution < 1.29 is 13.9 Å². The molecule has 0 aliphatic carbocycles. The number of halogens is 1. The van der Waals surface area contributed by atoms with Gasteiger partial charge in [0.2, 0.25) is 5.91 Å². The molecule has 1 N–H and O–H groups in total. The van der Waals surface area contributed by atoms with Gasteiger partial charge in [-0.1, -0.05) is 18.2 Å². The summed E-state index contributed by atoms with van der Waals surface area (Å²) < 4.78 is 19.5. The molecule has 0 radical (unpaired) electrons. The zero-order valence-electron chi connectivity index (χ0n) is 14.2. The average Bonchev–Trinajstić information content (AvgIpc) is 2.80. The molecule has 2 aliphatic heterocycles. The molecule has 24 heavy (non-hydrogen) atoms. The third-order valence-electron chi connectivity index (χ3n) is 5.14. The minimum atomic E-state index is -0.188. The average molecular weight is 334 g/mol. The third kappa shape index (κ3) is 5.02. The lowest BCUT2D eigenvalue weighted by molar-refractivity contribution is -0.120. The van der Waals surface area contributed by atoms with E-state index in [0.29, 0.717) is 24.5 Å². The van der Waals surface area contributed by atoms with Gasteiger partial charge in [-0.2, -0.15) is 0 Å². The van der Waals surface area contributed by atoms with Crippen LogP contribution in [0.2, 0.25) is 0 Å². The Balaban J connectivity index is 1.38. The van der Waals surface area contributed by atoms with Gasteiger partial charge < -0.3 is 15.0 Å². The maximum absolute atomic E-state index is 13.6. The van der Waals surface area contributed by atoms with Crippen LogP contribution in [0.1, 0.15) is 37.7 Å². The molecule has 1 amide bonds. The molecule has 0 spiro atoms. The molecule has 2 fully saturated rings. The van der Waals surface area contributed by atoms with Gasteiger partial charge in [0.25, 0.3) is 0 Å². The van der Waals surface area contributed by atoms with Gasteiger partial charge >= 0.3 is 0 Å². The van der Waals surface area contributed by atoms with Crippen LogP contribution in [0, 0.1) is 11.7 Å². The molecular formula is C19H27FN2O2. The van der Waals surface area contributed by atoms with E-state index in [1.165, 1.54) is 6.07 Å². The van der Waals surface area contributed by atoms with E-state index in [-0.39, 0.29) is 17.8 Å². The quantitative estimate of drug-likeness (QED) is 0.900. The summed E-state index contributed by atoms with van der Waals surface area (Å²) in [4.78, 5) is 13.9. The summed E-state index contributed by atoms with van der Waals surface area (Å²) >= 11 is 0. The number of rotatable bonds is 5. The Morgan fingerprint density at radius 2 is 1.96 bits per heavy atom. The SMILES string of the molecule is O=C1CCC(CN2CCC(OCc3ccccc3F)CC2)CCN1. The number of carbonyl (C=O) groups is 1. The standard InChI is InChI=1S/C19H27FN2O2/c20-18-4-2-1-3-16(18)14-24-17-8-11-22(12-9-17)13-15-5-6-19(23)21-10-7-15/h1-4,15,17H,5-14H2,(H,21,23). The highest BCUT2D eigenvalue weighted by molar-refractivity contribution is 5.76. The topological polar surface area (TPSA) is 41.6 Å². The molecule has 1 aromatic rings. The Kier molecular flexibility index (Phi) is 6.21. The molecule has 0 saturated carbocycles. The molecule has 2 aliphatic rings. The zero-order chi connectivity index (χ0) is 16.8. The van der Waals surface area contributed by atoms with Crippen molar-refractivity contribution in [3.05, 3.63) is 35.6 Å². The fraction of sp³-hybridized carbons (Fsp3) is 0.632. The Bertz CT molecular complexity index is 544. The summed E-state index contributed by atoms with van der Waals surface area (Å²) in [5.41, 5.74) is 0.635. The van der Waals surface area contributed by atoms with Crippen molar-refractivity contribution >= 4 is 5.91 Å². The van der Waals surface area contributed by atoms with Crippen molar-refractivity contribution in [1.82, 2.24) is 10.2 Å². The van der Waals surface area contributed by atoms with Gasteiger partial charge in [-0.3, -0.25) is 4.79 Å². The predicted molar refractivity (Wildman–Crippen MR) is 91.0 cm³/mol. The smallest absolute Gasteiger partial charge is 0.220 e. The van der Waals surface area contributed by atoms with E-state index in [1.54, 1.807) is 12.1 Å². The second kappa shape index (κ2) is 8.58. The summed E-state index contributed by atoms with van der Waals surface area (Å²) in [6.45, 7) is 4.30. The van der Waals surface area contributed by atoms with Crippen LogP contribution in [0.3, 0.4) is 0 Å². The first-order valence-corrected chi connectivity index (χ1v) is 9.05. The molecule has 1 atom stereocenters. The summed E-state index contributed by atoms with van der Waals surface area (Å²) in [5, 5.41) is 2.95. The summed E-state index contributed by atoms with van der Waals surface area (Å²) in [6.07, 6.45) is 4.95. The Morgan fingerprint density at radius 3 is 2.75 bits per heavy atom. The number of nitrogens with zero attached hydrogens (tertiary/aromatic N) is 1. The van der Waals surface area contributed by atoms with E-state index in [9.17, 15) is 9.18 Å². The normalized spacial score (nSPS) is 23.7. The number of nitrogens with one attached hydrogen (secondary N) is 1. The lowest BCUT2D eigenvalue weighted by Gasteiger charge is -2.34. The van der Waals surface area contributed by atoms with Crippen LogP contribution in [-0.2, 0) is 16.1 Å². The molecule has 1 aromatic carbocycles. The van der Waals surface area contributed by atoms with Gasteiger partial charge in [0.15, 0.2) is 0 Å². The van der Waals surface area contributed by atoms with Gasteiger partial charge in [0, 0.05) is 38.2 Å². The van der Waals surface area contributed by atoms with Gasteiger partial charge in [-0.05, 0) is 37.7 Å². The lowest BCUT2D eigenvalue weighted by atomic mass is 9.98. The lowest BCUT2D eigenvalue weighted by Crippen LogP contribution is -2.39. The number of likely N-dealkylation sites (tertiary alicyclic amines) is 1. The van der Waals surface area contributed by atoms with Gasteiger partial charge in [-0.25, -0.2) is 4.39 Å². The molecule has 2 heterocycles. The number of ether oxygens (including phenoxy) is 1. The second-order valence-electron chi connectivity index (χ2n) is 6.95. The monoisotopic (exact) mass is 334 g/mol. The molecule has 132 valence electrons. The maximum Gasteiger partial charge on any atom is 0.220 e. The van der Waals surface area contributed by atoms with Crippen LogP contribution < -0.4 is 5.32 Å². The molecule has 2 saturated heterocycles. The van der Waals surface area contributed by atoms with Crippen molar-refractivity contribution in [2.75, 3.05) is 26.2 Å². The van der Waals surface area contributed by atoms with Crippen LogP contribution in [0.4, 0.5) is 4.39 Å². The first-order chi connectivity index (χ1) is 11.7. The van der Waals surface area contributed by atoms with E-state index < -0.39 is 0 Å². The van der Waals surface area contributed by atoms with Crippen molar-refractivity contribution in [1.29, 1.82) is 0 Å². The molecule has 0 bridgehead atoms. The van der Waals surface area contributed by atoms with Crippen molar-refractivity contribution in [2.24, 2.45) is 5.92 Å². The first kappa shape index (κ1) is 17.4. The van der Waals surface area contributed by atoms with Crippen LogP contribution in [-0.4, -0.2) is 43.1 Å². The number of benzene rings is 1. The first-order valence-electron chi connectivity index (χ1n) is 9.05. The Hall–Kier alpha value is -1.46. The maximum atomic E-state index is 13.6. The van der Waals surface area contributed by atoms with E-state index >= 15 is 0 Å². The minimum Gasteiger partial charge on any atom is -0.373 e. The largest absolute Gasteiger partial charge is 0.373 e. The minimum absolute atomic E-state index is 0.188. The van der Waals surface area contributed by atoms with E-state index in [4.69, 9.17) is 4.74 Å². The Labute approximate surface area is 143 Å². The van der Waals surface area contributed by atoms with E-state index in [2.05, 4.69) is 10.2 Å². The number of hydrogen-bond donors (Lipinski definition) is 1. The number of amides is 1. The molecule has 3 rings (SSSR count). The zero-order valence-corrected chi connectivity index (χ0v) is 14.2. The fourth-order valence-corrected chi connectivity index (χ4v) is 3.61. The van der Waals surface area contributed by atoms with Crippen LogP contribution in [0.15, 0.2) is 24.3 Å². The van der Waals surface area contributed by atoms with Gasteiger partial charge in [-0.15, -0.1) is 0 Å². The van der Waals surface area contributed by atoms with Gasteiger partial charge in [0.1, 0.15) is 5.82 Å². The molecule has 0 aromatic heterocycles. The molecule has 1 unspecified atom stereocenters. The third-order valence-corrected chi connectivity index (χ3v) is 5.14. The van der Waals surface area contributed by atoms with Crippen molar-refractivity contribution in [3.8, 4) is 0 Å². The van der Waals surface area contributed by atoms with Crippen LogP contribution >= 0.6 is 0 Å². The highest BCUT2D eigenvalue weighted by atomic mass is 19.1. The molecular weight excluding hydrogens is 307 g/mol. The van der Waals surface area contributed by atoms with Crippen LogP contribution in [0.5, 0.6) is 0 Å². The Morgan fingerprint density at radius 1 is 1.17 bits per heavy atom. The van der Waals surface area contributed by atoms with Crippen molar-refractivity contribution in [3.63, 3.8) is 0 Å². The summed E-state index contributed by atoms with van der Waals surface area (Å²) in [5.74, 6) is 0.615. The predicted octanol–water partition coefficient (Wildman–Crippen LogP) is 2.72. The molecule has 5 heteroatoms. The number of carbonyl (C=O) groups excluding carboxylic acids is 1. The number of hydrogen-bond acceptors (Lipinski definition) is 3. The highest BCUT2D eigenvalue weighted by Gasteiger charge is 2.23. The second-order valence-corrected chi connectivity index (χ2v) is 6.95. The van der Waals surface area contributed by atoms with Crippen molar-refractivity contribution in [2.45, 2.75) is 44.8 Å². The van der Waals surface area contributed by atoms with E-state index in [0.717, 1.165) is 51.9 Å². The molecule has 4 nitrogen and oxygen atoms in total. The fourth-order valence-electron chi connectivity index (χ4n) is 3.61. The summed E-state index contributed by atoms with van der Waals surface area (Å²) in [6, 6.07) is 6.81. The van der Waals surface area contributed by atoms with E-state index in [1.807, 2.05) is 6.07 Å².